The Bertz CT molecular complexity index is 2850. The van der Waals surface area contributed by atoms with Crippen LogP contribution in [0.2, 0.25) is 5.15 Å². The smallest absolute Gasteiger partial charge is 0.230 e. The number of H-pyrrole nitrogens is 2. The van der Waals surface area contributed by atoms with Gasteiger partial charge in [0.25, 0.3) is 0 Å². The van der Waals surface area contributed by atoms with E-state index in [0.717, 1.165) is 36.8 Å². The molecule has 0 unspecified atom stereocenters. The van der Waals surface area contributed by atoms with Crippen LogP contribution in [0.3, 0.4) is 0 Å². The molecule has 348 valence electrons. The lowest BCUT2D eigenvalue weighted by Crippen LogP contribution is -2.21. The van der Waals surface area contributed by atoms with E-state index < -0.39 is 11.6 Å². The molecule has 0 radical (unpaired) electrons. The highest BCUT2D eigenvalue weighted by Crippen LogP contribution is 2.38. The standard InChI is InChI=1S/C24H25FN4O3.C16H20ClN3O2.C8H6FNO.CH4/c1-30-21-13-17-19(14-22(21)31-12-4-11-29-9-2-3-10-29)27-15-28-24(17)32-20-6-5-18-16(23(20)25)7-8-26-18;1-21-14-9-12-13(18-11-19-16(12)17)10-15(14)22-8-4-7-20-5-2-3-6-20;9-8-5-3-4-10-6(5)1-2-7(8)11;/h5-8,13-15,26H,2-4,9-12H2,1H3;9-11H,2-8H2,1H3;1-4,10-11H;1H4. The number of fused-ring (bicyclic) bond motifs is 4. The molecule has 0 saturated carbocycles. The highest BCUT2D eigenvalue weighted by atomic mass is 35.5. The number of phenols is 1. The van der Waals surface area contributed by atoms with Crippen molar-refractivity contribution in [2.45, 2.75) is 46.0 Å². The Kier molecular flexibility index (Phi) is 16.3. The van der Waals surface area contributed by atoms with E-state index in [1.54, 1.807) is 63.0 Å². The number of ether oxygens (including phenoxy) is 5. The van der Waals surface area contributed by atoms with Crippen LogP contribution >= 0.6 is 11.6 Å². The molecule has 2 aliphatic heterocycles. The summed E-state index contributed by atoms with van der Waals surface area (Å²) in [6.07, 6.45) is 13.3. The van der Waals surface area contributed by atoms with Crippen molar-refractivity contribution in [1.82, 2.24) is 39.7 Å². The number of methoxy groups -OCH3 is 2. The van der Waals surface area contributed by atoms with Gasteiger partial charge < -0.3 is 48.6 Å². The second-order valence-corrected chi connectivity index (χ2v) is 16.0. The van der Waals surface area contributed by atoms with Gasteiger partial charge in [0.1, 0.15) is 17.8 Å². The van der Waals surface area contributed by atoms with Gasteiger partial charge >= 0.3 is 0 Å². The van der Waals surface area contributed by atoms with Crippen molar-refractivity contribution >= 4 is 55.2 Å². The first-order valence-corrected chi connectivity index (χ1v) is 22.1. The largest absolute Gasteiger partial charge is 0.505 e. The molecule has 3 N–H and O–H groups in total. The van der Waals surface area contributed by atoms with Crippen molar-refractivity contribution in [2.24, 2.45) is 0 Å². The van der Waals surface area contributed by atoms with Gasteiger partial charge in [-0.05, 0) is 113 Å². The number of likely N-dealkylation sites (tertiary alicyclic amines) is 2. The van der Waals surface area contributed by atoms with E-state index in [1.807, 2.05) is 18.2 Å². The monoisotopic (exact) mass is 924 g/mol. The molecule has 0 atom stereocenters. The molecule has 0 spiro atoms. The molecule has 2 fully saturated rings. The van der Waals surface area contributed by atoms with Crippen LogP contribution in [0.1, 0.15) is 46.0 Å². The van der Waals surface area contributed by atoms with E-state index in [4.69, 9.17) is 40.4 Å². The summed E-state index contributed by atoms with van der Waals surface area (Å²) >= 11 is 6.08. The zero-order valence-electron chi connectivity index (χ0n) is 36.3. The average molecular weight is 925 g/mol. The summed E-state index contributed by atoms with van der Waals surface area (Å²) in [5, 5.41) is 11.6. The summed E-state index contributed by atoms with van der Waals surface area (Å²) in [6.45, 7) is 8.17. The van der Waals surface area contributed by atoms with E-state index in [9.17, 15) is 8.78 Å². The highest BCUT2D eigenvalue weighted by Gasteiger charge is 2.18. The van der Waals surface area contributed by atoms with Crippen LogP contribution < -0.4 is 23.7 Å². The number of aromatic nitrogens is 6. The first-order chi connectivity index (χ1) is 31.8. The molecular formula is C49H55ClF2N8O6. The first-order valence-electron chi connectivity index (χ1n) is 21.7. The molecule has 10 rings (SSSR count). The fraction of sp³-hybridized carbons (Fsp3) is 0.347. The minimum atomic E-state index is -0.566. The number of hydrogen-bond donors (Lipinski definition) is 3. The SMILES string of the molecule is C.COc1cc2c(Cl)ncnc2cc1OCCCN1CCCC1.COc1cc2c(Oc3ccc4[nH]ccc4c3F)ncnc2cc1OCCCN1CCCC1.Oc1ccc2[nH]ccc2c1F. The fourth-order valence-corrected chi connectivity index (χ4v) is 8.19. The molecule has 2 aliphatic rings. The van der Waals surface area contributed by atoms with E-state index in [2.05, 4.69) is 39.7 Å². The summed E-state index contributed by atoms with van der Waals surface area (Å²) in [4.78, 5) is 27.5. The molecule has 4 aromatic heterocycles. The Morgan fingerprint density at radius 1 is 0.606 bits per heavy atom. The average Bonchev–Trinajstić information content (AvgIpc) is 4.19. The van der Waals surface area contributed by atoms with E-state index in [-0.39, 0.29) is 24.8 Å². The molecule has 0 aliphatic carbocycles. The van der Waals surface area contributed by atoms with Gasteiger partial charge in [0.15, 0.2) is 46.1 Å². The number of aromatic hydroxyl groups is 1. The van der Waals surface area contributed by atoms with Gasteiger partial charge in [0, 0.05) is 64.8 Å². The molecule has 4 aromatic carbocycles. The van der Waals surface area contributed by atoms with Crippen LogP contribution in [0.25, 0.3) is 43.6 Å². The van der Waals surface area contributed by atoms with E-state index in [1.165, 1.54) is 70.6 Å². The van der Waals surface area contributed by atoms with Crippen LogP contribution in [0.5, 0.6) is 40.4 Å². The number of phenolic OH excluding ortho intramolecular Hbond substituents is 1. The molecule has 8 aromatic rings. The third kappa shape index (κ3) is 11.3. The first kappa shape index (κ1) is 47.5. The Morgan fingerprint density at radius 2 is 1.12 bits per heavy atom. The molecule has 0 bridgehead atoms. The topological polar surface area (TPSA) is 156 Å². The number of rotatable bonds is 14. The molecule has 17 heteroatoms. The van der Waals surface area contributed by atoms with Crippen LogP contribution in [0, 0.1) is 11.6 Å². The predicted octanol–water partition coefficient (Wildman–Crippen LogP) is 10.7. The lowest BCUT2D eigenvalue weighted by Gasteiger charge is -2.16. The summed E-state index contributed by atoms with van der Waals surface area (Å²) in [5.74, 6) is 1.56. The third-order valence-corrected chi connectivity index (χ3v) is 11.7. The quantitative estimate of drug-likeness (QED) is 0.0702. The van der Waals surface area contributed by atoms with Crippen LogP contribution in [-0.4, -0.2) is 112 Å². The minimum absolute atomic E-state index is 0. The highest BCUT2D eigenvalue weighted by molar-refractivity contribution is 6.34. The molecule has 0 amide bonds. The zero-order valence-corrected chi connectivity index (χ0v) is 37.0. The van der Waals surface area contributed by atoms with Crippen molar-refractivity contribution in [3.63, 3.8) is 0 Å². The zero-order chi connectivity index (χ0) is 45.1. The van der Waals surface area contributed by atoms with Gasteiger partial charge in [-0.15, -0.1) is 0 Å². The molecule has 66 heavy (non-hydrogen) atoms. The van der Waals surface area contributed by atoms with Crippen LogP contribution in [0.15, 0.2) is 85.7 Å². The van der Waals surface area contributed by atoms with Crippen molar-refractivity contribution in [3.8, 4) is 40.4 Å². The van der Waals surface area contributed by atoms with E-state index in [0.29, 0.717) is 74.1 Å². The normalized spacial score (nSPS) is 13.8. The fourth-order valence-electron chi connectivity index (χ4n) is 8.00. The van der Waals surface area contributed by atoms with Crippen LogP contribution in [0.4, 0.5) is 8.78 Å². The number of aromatic amines is 2. The minimum Gasteiger partial charge on any atom is -0.505 e. The molecule has 6 heterocycles. The number of nitrogens with zero attached hydrogens (tertiary/aromatic N) is 6. The number of nitrogens with one attached hydrogen (secondary N) is 2. The summed E-state index contributed by atoms with van der Waals surface area (Å²) < 4.78 is 56.5. The maximum atomic E-state index is 14.8. The Morgan fingerprint density at radius 3 is 1.70 bits per heavy atom. The summed E-state index contributed by atoms with van der Waals surface area (Å²) in [7, 11) is 3.21. The summed E-state index contributed by atoms with van der Waals surface area (Å²) in [6, 6.07) is 16.8. The molecule has 2 saturated heterocycles. The lowest BCUT2D eigenvalue weighted by atomic mass is 10.2. The van der Waals surface area contributed by atoms with E-state index >= 15 is 0 Å². The van der Waals surface area contributed by atoms with Gasteiger partial charge in [0.2, 0.25) is 5.88 Å². The maximum absolute atomic E-state index is 14.8. The summed E-state index contributed by atoms with van der Waals surface area (Å²) in [5.41, 5.74) is 2.79. The Hall–Kier alpha value is -6.49. The second kappa shape index (κ2) is 22.6. The lowest BCUT2D eigenvalue weighted by molar-refractivity contribution is 0.254. The van der Waals surface area contributed by atoms with Crippen molar-refractivity contribution < 1.29 is 37.6 Å². The molecular weight excluding hydrogens is 870 g/mol. The Balaban J connectivity index is 0.000000164. The maximum Gasteiger partial charge on any atom is 0.230 e. The second-order valence-electron chi connectivity index (χ2n) is 15.6. The van der Waals surface area contributed by atoms with Gasteiger partial charge in [-0.25, -0.2) is 28.7 Å². The predicted molar refractivity (Wildman–Crippen MR) is 254 cm³/mol. The van der Waals surface area contributed by atoms with Crippen molar-refractivity contribution in [2.75, 3.05) is 66.7 Å². The number of benzene rings is 4. The number of hydrogen-bond acceptors (Lipinski definition) is 12. The van der Waals surface area contributed by atoms with Crippen molar-refractivity contribution in [3.05, 3.63) is 102 Å². The van der Waals surface area contributed by atoms with Crippen LogP contribution in [-0.2, 0) is 0 Å². The van der Waals surface area contributed by atoms with Crippen molar-refractivity contribution in [1.29, 1.82) is 0 Å². The molecule has 14 nitrogen and oxygen atoms in total. The third-order valence-electron chi connectivity index (χ3n) is 11.4. The van der Waals surface area contributed by atoms with Gasteiger partial charge in [-0.2, -0.15) is 0 Å². The van der Waals surface area contributed by atoms with Gasteiger partial charge in [-0.3, -0.25) is 0 Å². The van der Waals surface area contributed by atoms with Gasteiger partial charge in [-0.1, -0.05) is 19.0 Å². The van der Waals surface area contributed by atoms with Gasteiger partial charge in [0.05, 0.1) is 43.9 Å². The Labute approximate surface area is 386 Å². The number of halogens is 3.